The molecule has 0 unspecified atom stereocenters. The molecule has 0 aliphatic heterocycles. The van der Waals surface area contributed by atoms with Crippen LogP contribution >= 0.6 is 11.8 Å². The molecular weight excluding hydrogens is 402 g/mol. The maximum absolute atomic E-state index is 12.3. The number of rotatable bonds is 7. The largest absolute Gasteiger partial charge is 0.325 e. The molecule has 3 aromatic rings. The number of hydrogen-bond donors (Lipinski definition) is 2. The number of nitrogens with one attached hydrogen (secondary N) is 2. The lowest BCUT2D eigenvalue weighted by Crippen LogP contribution is -2.14. The fraction of sp³-hybridized carbons (Fsp3) is 0.0909. The molecule has 0 heterocycles. The Balaban J connectivity index is 1.56. The predicted molar refractivity (Wildman–Crippen MR) is 118 cm³/mol. The second kappa shape index (κ2) is 9.71. The number of nitro benzene ring substituents is 1. The first-order valence-corrected chi connectivity index (χ1v) is 10.0. The number of carbonyl (C=O) groups is 2. The molecule has 7 nitrogen and oxygen atoms in total. The van der Waals surface area contributed by atoms with Crippen molar-refractivity contribution in [3.63, 3.8) is 0 Å². The molecule has 0 bridgehead atoms. The van der Waals surface area contributed by atoms with E-state index in [0.717, 1.165) is 16.1 Å². The lowest BCUT2D eigenvalue weighted by atomic mass is 10.2. The second-order valence-corrected chi connectivity index (χ2v) is 7.54. The van der Waals surface area contributed by atoms with Crippen LogP contribution in [0.4, 0.5) is 17.1 Å². The Bertz CT molecular complexity index is 1070. The van der Waals surface area contributed by atoms with Crippen LogP contribution in [0.3, 0.4) is 0 Å². The van der Waals surface area contributed by atoms with Crippen LogP contribution in [0.2, 0.25) is 0 Å². The molecule has 0 saturated carbocycles. The van der Waals surface area contributed by atoms with E-state index in [0.29, 0.717) is 11.3 Å². The minimum atomic E-state index is -0.517. The van der Waals surface area contributed by atoms with Crippen molar-refractivity contribution >= 4 is 40.6 Å². The molecule has 0 aliphatic carbocycles. The standard InChI is InChI=1S/C22H19N3O4S/c1-15-5-9-17(10-6-15)23-21(26)14-30-20-4-2-3-18(13-20)24-22(27)16-7-11-19(12-8-16)25(28)29/h2-13H,14H2,1H3,(H,23,26)(H,24,27). The summed E-state index contributed by atoms with van der Waals surface area (Å²) in [5, 5.41) is 16.3. The monoisotopic (exact) mass is 421 g/mol. The predicted octanol–water partition coefficient (Wildman–Crippen LogP) is 4.89. The summed E-state index contributed by atoms with van der Waals surface area (Å²) in [5.74, 6) is -0.262. The second-order valence-electron chi connectivity index (χ2n) is 6.49. The number of aryl methyl sites for hydroxylation is 1. The molecule has 0 aromatic heterocycles. The lowest BCUT2D eigenvalue weighted by molar-refractivity contribution is -0.384. The van der Waals surface area contributed by atoms with Gasteiger partial charge in [0.05, 0.1) is 10.7 Å². The van der Waals surface area contributed by atoms with Gasteiger partial charge in [-0.3, -0.25) is 19.7 Å². The van der Waals surface area contributed by atoms with Crippen LogP contribution in [-0.4, -0.2) is 22.5 Å². The fourth-order valence-corrected chi connectivity index (χ4v) is 3.34. The normalized spacial score (nSPS) is 10.3. The Morgan fingerprint density at radius 2 is 1.63 bits per heavy atom. The highest BCUT2D eigenvalue weighted by Crippen LogP contribution is 2.23. The number of benzene rings is 3. The van der Waals surface area contributed by atoms with Gasteiger partial charge < -0.3 is 10.6 Å². The van der Waals surface area contributed by atoms with Crippen molar-refractivity contribution in [1.82, 2.24) is 0 Å². The van der Waals surface area contributed by atoms with E-state index in [9.17, 15) is 19.7 Å². The summed E-state index contributed by atoms with van der Waals surface area (Å²) in [6.45, 7) is 1.98. The van der Waals surface area contributed by atoms with Gasteiger partial charge in [-0.25, -0.2) is 0 Å². The van der Waals surface area contributed by atoms with Crippen LogP contribution in [0, 0.1) is 17.0 Å². The van der Waals surface area contributed by atoms with Gasteiger partial charge in [0.15, 0.2) is 0 Å². The van der Waals surface area contributed by atoms with Crippen LogP contribution in [0.25, 0.3) is 0 Å². The molecule has 0 radical (unpaired) electrons. The zero-order valence-electron chi connectivity index (χ0n) is 16.1. The molecule has 152 valence electrons. The quantitative estimate of drug-likeness (QED) is 0.321. The van der Waals surface area contributed by atoms with E-state index in [1.807, 2.05) is 37.3 Å². The Labute approximate surface area is 177 Å². The van der Waals surface area contributed by atoms with Gasteiger partial charge in [0.1, 0.15) is 0 Å². The zero-order chi connectivity index (χ0) is 21.5. The minimum Gasteiger partial charge on any atom is -0.325 e. The molecule has 0 saturated heterocycles. The van der Waals surface area contributed by atoms with E-state index < -0.39 is 4.92 Å². The fourth-order valence-electron chi connectivity index (χ4n) is 2.58. The minimum absolute atomic E-state index is 0.0751. The molecule has 30 heavy (non-hydrogen) atoms. The first-order valence-electron chi connectivity index (χ1n) is 9.06. The topological polar surface area (TPSA) is 101 Å². The van der Waals surface area contributed by atoms with Crippen molar-refractivity contribution in [2.45, 2.75) is 11.8 Å². The van der Waals surface area contributed by atoms with E-state index in [4.69, 9.17) is 0 Å². The first-order chi connectivity index (χ1) is 14.4. The SMILES string of the molecule is Cc1ccc(NC(=O)CSc2cccc(NC(=O)c3ccc([N+](=O)[O-])cc3)c2)cc1. The van der Waals surface area contributed by atoms with Crippen molar-refractivity contribution in [3.05, 3.63) is 94.0 Å². The summed E-state index contributed by atoms with van der Waals surface area (Å²) >= 11 is 1.35. The van der Waals surface area contributed by atoms with Gasteiger partial charge in [-0.15, -0.1) is 11.8 Å². The van der Waals surface area contributed by atoms with Crippen LogP contribution in [0.15, 0.2) is 77.7 Å². The molecule has 0 atom stereocenters. The number of nitro groups is 1. The number of amides is 2. The van der Waals surface area contributed by atoms with E-state index >= 15 is 0 Å². The number of carbonyl (C=O) groups excluding carboxylic acids is 2. The maximum Gasteiger partial charge on any atom is 0.269 e. The van der Waals surface area contributed by atoms with E-state index in [-0.39, 0.29) is 23.3 Å². The maximum atomic E-state index is 12.3. The molecule has 0 spiro atoms. The van der Waals surface area contributed by atoms with Gasteiger partial charge in [0, 0.05) is 34.0 Å². The lowest BCUT2D eigenvalue weighted by Gasteiger charge is -2.08. The Kier molecular flexibility index (Phi) is 6.82. The van der Waals surface area contributed by atoms with Gasteiger partial charge in [-0.05, 0) is 49.4 Å². The number of hydrogen-bond acceptors (Lipinski definition) is 5. The van der Waals surface area contributed by atoms with Crippen LogP contribution in [0.5, 0.6) is 0 Å². The molecule has 3 rings (SSSR count). The number of thioether (sulfide) groups is 1. The number of non-ortho nitro benzene ring substituents is 1. The van der Waals surface area contributed by atoms with Crippen molar-refractivity contribution in [2.75, 3.05) is 16.4 Å². The van der Waals surface area contributed by atoms with E-state index in [1.165, 1.54) is 36.0 Å². The molecule has 0 fully saturated rings. The molecule has 3 aromatic carbocycles. The van der Waals surface area contributed by atoms with Crippen LogP contribution < -0.4 is 10.6 Å². The van der Waals surface area contributed by atoms with Crippen molar-refractivity contribution < 1.29 is 14.5 Å². The van der Waals surface area contributed by atoms with Crippen molar-refractivity contribution in [1.29, 1.82) is 0 Å². The summed E-state index contributed by atoms with van der Waals surface area (Å²) in [6, 6.07) is 20.1. The van der Waals surface area contributed by atoms with Crippen molar-refractivity contribution in [2.24, 2.45) is 0 Å². The number of nitrogens with zero attached hydrogens (tertiary/aromatic N) is 1. The van der Waals surface area contributed by atoms with E-state index in [1.54, 1.807) is 18.2 Å². The average molecular weight is 421 g/mol. The van der Waals surface area contributed by atoms with E-state index in [2.05, 4.69) is 10.6 Å². The summed E-state index contributed by atoms with van der Waals surface area (Å²) in [7, 11) is 0. The molecule has 8 heteroatoms. The molecule has 0 aliphatic rings. The third-order valence-electron chi connectivity index (χ3n) is 4.14. The summed E-state index contributed by atoms with van der Waals surface area (Å²) in [4.78, 5) is 35.5. The first kappa shape index (κ1) is 21.1. The highest BCUT2D eigenvalue weighted by atomic mass is 32.2. The molecule has 2 N–H and O–H groups in total. The smallest absolute Gasteiger partial charge is 0.269 e. The van der Waals surface area contributed by atoms with Crippen LogP contribution in [0.1, 0.15) is 15.9 Å². The zero-order valence-corrected chi connectivity index (χ0v) is 16.9. The summed E-state index contributed by atoms with van der Waals surface area (Å²) in [6.07, 6.45) is 0. The molecular formula is C22H19N3O4S. The summed E-state index contributed by atoms with van der Waals surface area (Å²) < 4.78 is 0. The third kappa shape index (κ3) is 5.92. The Hall–Kier alpha value is -3.65. The van der Waals surface area contributed by atoms with Gasteiger partial charge in [0.25, 0.3) is 11.6 Å². The number of anilines is 2. The van der Waals surface area contributed by atoms with Gasteiger partial charge in [-0.1, -0.05) is 23.8 Å². The summed E-state index contributed by atoms with van der Waals surface area (Å²) in [5.41, 5.74) is 2.68. The highest BCUT2D eigenvalue weighted by Gasteiger charge is 2.10. The Morgan fingerprint density at radius 1 is 0.933 bits per heavy atom. The Morgan fingerprint density at radius 3 is 2.30 bits per heavy atom. The molecule has 2 amide bonds. The van der Waals surface area contributed by atoms with Gasteiger partial charge in [-0.2, -0.15) is 0 Å². The average Bonchev–Trinajstić information content (AvgIpc) is 2.74. The van der Waals surface area contributed by atoms with Crippen LogP contribution in [-0.2, 0) is 4.79 Å². The highest BCUT2D eigenvalue weighted by molar-refractivity contribution is 8.00. The van der Waals surface area contributed by atoms with Crippen molar-refractivity contribution in [3.8, 4) is 0 Å². The van der Waals surface area contributed by atoms with Gasteiger partial charge >= 0.3 is 0 Å². The van der Waals surface area contributed by atoms with Gasteiger partial charge in [0.2, 0.25) is 5.91 Å². The third-order valence-corrected chi connectivity index (χ3v) is 5.13.